The van der Waals surface area contributed by atoms with Crippen LogP contribution in [0.4, 0.5) is 8.78 Å². The molecule has 1 atom stereocenters. The minimum atomic E-state index is -2.50. The van der Waals surface area contributed by atoms with Gasteiger partial charge in [-0.25, -0.2) is 8.78 Å². The van der Waals surface area contributed by atoms with Gasteiger partial charge < -0.3 is 5.73 Å². The van der Waals surface area contributed by atoms with Crippen molar-refractivity contribution in [2.45, 2.75) is 32.2 Å². The standard InChI is InChI=1S/C9H14BrF2N3/c1-3-6-8(10)7(15(2)14-6)4-5(13)9(11)12/h5,9H,3-4,13H2,1-2H3. The minimum Gasteiger partial charge on any atom is -0.323 e. The molecule has 15 heavy (non-hydrogen) atoms. The fourth-order valence-electron chi connectivity index (χ4n) is 1.35. The minimum absolute atomic E-state index is 0.127. The molecule has 1 heterocycles. The fraction of sp³-hybridized carbons (Fsp3) is 0.667. The number of nitrogens with zero attached hydrogens (tertiary/aromatic N) is 2. The van der Waals surface area contributed by atoms with Gasteiger partial charge in [-0.2, -0.15) is 5.10 Å². The van der Waals surface area contributed by atoms with E-state index in [2.05, 4.69) is 21.0 Å². The number of rotatable bonds is 4. The molecule has 1 unspecified atom stereocenters. The van der Waals surface area contributed by atoms with E-state index in [0.29, 0.717) is 0 Å². The van der Waals surface area contributed by atoms with Crippen molar-refractivity contribution in [2.75, 3.05) is 0 Å². The predicted octanol–water partition coefficient (Wildman–Crippen LogP) is 1.88. The molecule has 0 saturated heterocycles. The van der Waals surface area contributed by atoms with Gasteiger partial charge in [0, 0.05) is 13.5 Å². The van der Waals surface area contributed by atoms with Gasteiger partial charge in [-0.3, -0.25) is 4.68 Å². The van der Waals surface area contributed by atoms with Gasteiger partial charge in [-0.05, 0) is 22.4 Å². The van der Waals surface area contributed by atoms with Crippen LogP contribution in [0, 0.1) is 0 Å². The van der Waals surface area contributed by atoms with E-state index in [9.17, 15) is 8.78 Å². The number of aromatic nitrogens is 2. The van der Waals surface area contributed by atoms with Crippen LogP contribution in [0.3, 0.4) is 0 Å². The molecule has 0 aromatic carbocycles. The molecule has 0 fully saturated rings. The van der Waals surface area contributed by atoms with Crippen LogP contribution in [0.15, 0.2) is 4.47 Å². The van der Waals surface area contributed by atoms with E-state index >= 15 is 0 Å². The van der Waals surface area contributed by atoms with E-state index in [-0.39, 0.29) is 6.42 Å². The number of aryl methyl sites for hydroxylation is 2. The molecule has 1 rings (SSSR count). The van der Waals surface area contributed by atoms with Crippen LogP contribution in [0.2, 0.25) is 0 Å². The third kappa shape index (κ3) is 2.75. The van der Waals surface area contributed by atoms with E-state index in [0.717, 1.165) is 22.3 Å². The maximum Gasteiger partial charge on any atom is 0.253 e. The molecule has 0 amide bonds. The second-order valence-corrected chi connectivity index (χ2v) is 4.18. The summed E-state index contributed by atoms with van der Waals surface area (Å²) < 4.78 is 27.0. The van der Waals surface area contributed by atoms with Crippen LogP contribution in [-0.2, 0) is 19.9 Å². The summed E-state index contributed by atoms with van der Waals surface area (Å²) in [6, 6.07) is -1.14. The zero-order chi connectivity index (χ0) is 11.6. The summed E-state index contributed by atoms with van der Waals surface area (Å²) in [4.78, 5) is 0. The molecule has 0 aliphatic rings. The Morgan fingerprint density at radius 2 is 2.13 bits per heavy atom. The quantitative estimate of drug-likeness (QED) is 0.916. The molecule has 86 valence electrons. The van der Waals surface area contributed by atoms with E-state index in [1.165, 1.54) is 0 Å². The molecular formula is C9H14BrF2N3. The van der Waals surface area contributed by atoms with Gasteiger partial charge in [-0.15, -0.1) is 0 Å². The summed E-state index contributed by atoms with van der Waals surface area (Å²) in [5.74, 6) is 0. The molecule has 0 bridgehead atoms. The summed E-state index contributed by atoms with van der Waals surface area (Å²) in [6.07, 6.45) is -1.61. The molecule has 0 saturated carbocycles. The lowest BCUT2D eigenvalue weighted by molar-refractivity contribution is 0.115. The van der Waals surface area contributed by atoms with Crippen molar-refractivity contribution >= 4 is 15.9 Å². The molecule has 1 aromatic heterocycles. The SMILES string of the molecule is CCc1nn(C)c(CC(N)C(F)F)c1Br. The maximum atomic E-state index is 12.3. The largest absolute Gasteiger partial charge is 0.323 e. The Morgan fingerprint density at radius 1 is 1.53 bits per heavy atom. The van der Waals surface area contributed by atoms with Gasteiger partial charge in [0.2, 0.25) is 0 Å². The zero-order valence-corrected chi connectivity index (χ0v) is 10.3. The molecule has 2 N–H and O–H groups in total. The van der Waals surface area contributed by atoms with Crippen molar-refractivity contribution in [1.82, 2.24) is 9.78 Å². The second kappa shape index (κ2) is 5.03. The lowest BCUT2D eigenvalue weighted by Crippen LogP contribution is -2.31. The molecule has 1 aromatic rings. The zero-order valence-electron chi connectivity index (χ0n) is 8.67. The number of alkyl halides is 2. The Morgan fingerprint density at radius 3 is 2.53 bits per heavy atom. The fourth-order valence-corrected chi connectivity index (χ4v) is 2.13. The smallest absolute Gasteiger partial charge is 0.253 e. The van der Waals surface area contributed by atoms with E-state index in [4.69, 9.17) is 5.73 Å². The van der Waals surface area contributed by atoms with Gasteiger partial charge in [0.25, 0.3) is 6.43 Å². The molecule has 0 aliphatic heterocycles. The lowest BCUT2D eigenvalue weighted by atomic mass is 10.1. The number of halogens is 3. The average molecular weight is 282 g/mol. The molecule has 0 radical (unpaired) electrons. The van der Waals surface area contributed by atoms with Crippen LogP contribution < -0.4 is 5.73 Å². The second-order valence-electron chi connectivity index (χ2n) is 3.39. The van der Waals surface area contributed by atoms with Gasteiger partial charge in [-0.1, -0.05) is 6.92 Å². The van der Waals surface area contributed by atoms with Crippen molar-refractivity contribution in [2.24, 2.45) is 12.8 Å². The van der Waals surface area contributed by atoms with E-state index < -0.39 is 12.5 Å². The highest BCUT2D eigenvalue weighted by Crippen LogP contribution is 2.23. The maximum absolute atomic E-state index is 12.3. The lowest BCUT2D eigenvalue weighted by Gasteiger charge is -2.10. The van der Waals surface area contributed by atoms with Crippen LogP contribution in [0.5, 0.6) is 0 Å². The molecule has 6 heteroatoms. The van der Waals surface area contributed by atoms with Gasteiger partial charge >= 0.3 is 0 Å². The molecule has 0 aliphatic carbocycles. The van der Waals surface area contributed by atoms with Gasteiger partial charge in [0.15, 0.2) is 0 Å². The normalized spacial score (nSPS) is 13.5. The first-order valence-electron chi connectivity index (χ1n) is 4.71. The Bertz CT molecular complexity index is 338. The van der Waals surface area contributed by atoms with Crippen LogP contribution >= 0.6 is 15.9 Å². The monoisotopic (exact) mass is 281 g/mol. The molecule has 0 spiro atoms. The van der Waals surface area contributed by atoms with Crippen molar-refractivity contribution in [1.29, 1.82) is 0 Å². The predicted molar refractivity (Wildman–Crippen MR) is 58.0 cm³/mol. The summed E-state index contributed by atoms with van der Waals surface area (Å²) >= 11 is 3.36. The topological polar surface area (TPSA) is 43.8 Å². The number of hydrogen-bond acceptors (Lipinski definition) is 2. The highest BCUT2D eigenvalue weighted by molar-refractivity contribution is 9.10. The van der Waals surface area contributed by atoms with Crippen molar-refractivity contribution < 1.29 is 8.78 Å². The van der Waals surface area contributed by atoms with Crippen LogP contribution in [0.1, 0.15) is 18.3 Å². The first-order chi connectivity index (χ1) is 6.97. The van der Waals surface area contributed by atoms with E-state index in [1.807, 2.05) is 6.92 Å². The Balaban J connectivity index is 2.89. The summed E-state index contributed by atoms with van der Waals surface area (Å²) in [5, 5.41) is 4.21. The summed E-state index contributed by atoms with van der Waals surface area (Å²) in [5.41, 5.74) is 6.92. The Hall–Kier alpha value is -0.490. The first-order valence-corrected chi connectivity index (χ1v) is 5.50. The highest BCUT2D eigenvalue weighted by Gasteiger charge is 2.20. The summed E-state index contributed by atoms with van der Waals surface area (Å²) in [7, 11) is 1.73. The van der Waals surface area contributed by atoms with E-state index in [1.54, 1.807) is 11.7 Å². The van der Waals surface area contributed by atoms with Crippen molar-refractivity contribution in [3.05, 3.63) is 15.9 Å². The van der Waals surface area contributed by atoms with Crippen LogP contribution in [-0.4, -0.2) is 22.2 Å². The van der Waals surface area contributed by atoms with Gasteiger partial charge in [0.05, 0.1) is 21.9 Å². The number of hydrogen-bond donors (Lipinski definition) is 1. The van der Waals surface area contributed by atoms with Crippen molar-refractivity contribution in [3.8, 4) is 0 Å². The highest BCUT2D eigenvalue weighted by atomic mass is 79.9. The van der Waals surface area contributed by atoms with Crippen molar-refractivity contribution in [3.63, 3.8) is 0 Å². The third-order valence-corrected chi connectivity index (χ3v) is 3.17. The average Bonchev–Trinajstić information content (AvgIpc) is 2.44. The first kappa shape index (κ1) is 12.6. The Kier molecular flexibility index (Phi) is 4.21. The molecular weight excluding hydrogens is 268 g/mol. The summed E-state index contributed by atoms with van der Waals surface area (Å²) in [6.45, 7) is 1.96. The number of nitrogens with two attached hydrogens (primary N) is 1. The third-order valence-electron chi connectivity index (χ3n) is 2.26. The molecule has 3 nitrogen and oxygen atoms in total. The van der Waals surface area contributed by atoms with Crippen LogP contribution in [0.25, 0.3) is 0 Å². The van der Waals surface area contributed by atoms with Gasteiger partial charge in [0.1, 0.15) is 0 Å². The Labute approximate surface area is 95.8 Å².